The highest BCUT2D eigenvalue weighted by Gasteiger charge is 2.34. The van der Waals surface area contributed by atoms with E-state index in [-0.39, 0.29) is 11.3 Å². The van der Waals surface area contributed by atoms with Crippen LogP contribution >= 0.6 is 34.8 Å². The molecule has 2 aromatic rings. The average molecular weight is 404 g/mol. The summed E-state index contributed by atoms with van der Waals surface area (Å²) in [6.07, 6.45) is 0.289. The molecule has 1 N–H and O–H groups in total. The zero-order valence-corrected chi connectivity index (χ0v) is 15.6. The lowest BCUT2D eigenvalue weighted by Gasteiger charge is -2.23. The van der Waals surface area contributed by atoms with E-state index in [0.29, 0.717) is 32.0 Å². The van der Waals surface area contributed by atoms with E-state index >= 15 is 0 Å². The minimum absolute atomic E-state index is 0.246. The Morgan fingerprint density at radius 1 is 1.04 bits per heavy atom. The van der Waals surface area contributed by atoms with Gasteiger partial charge in [-0.1, -0.05) is 34.8 Å². The molecule has 3 rings (SSSR count). The Balaban J connectivity index is 2.03. The topological polar surface area (TPSA) is 58.5 Å². The summed E-state index contributed by atoms with van der Waals surface area (Å²) in [5.41, 5.74) is 4.63. The summed E-state index contributed by atoms with van der Waals surface area (Å²) in [6.45, 7) is 1.67. The van der Waals surface area contributed by atoms with Gasteiger partial charge in [0.15, 0.2) is 9.84 Å². The van der Waals surface area contributed by atoms with E-state index in [9.17, 15) is 8.42 Å². The number of hydrogen-bond donors (Lipinski definition) is 1. The smallest absolute Gasteiger partial charge is 0.182 e. The quantitative estimate of drug-likeness (QED) is 0.716. The summed E-state index contributed by atoms with van der Waals surface area (Å²) in [4.78, 5) is 0.246. The Hall–Kier alpha value is -1.27. The first-order valence-corrected chi connectivity index (χ1v) is 9.78. The summed E-state index contributed by atoms with van der Waals surface area (Å²) in [7, 11) is -3.38. The number of hydrazone groups is 1. The van der Waals surface area contributed by atoms with Crippen LogP contribution in [0.15, 0.2) is 46.4 Å². The van der Waals surface area contributed by atoms with Gasteiger partial charge in [0, 0.05) is 27.1 Å². The normalized spacial score (nSPS) is 20.7. The first-order valence-electron chi connectivity index (χ1n) is 7.10. The van der Waals surface area contributed by atoms with Crippen LogP contribution in [0.3, 0.4) is 0 Å². The number of anilines is 1. The van der Waals surface area contributed by atoms with Crippen LogP contribution in [0.4, 0.5) is 5.69 Å². The number of sulfone groups is 1. The maximum absolute atomic E-state index is 12.5. The number of nitrogens with zero attached hydrogens (tertiary/aromatic N) is 1. The van der Waals surface area contributed by atoms with Crippen molar-refractivity contribution >= 4 is 56.0 Å². The van der Waals surface area contributed by atoms with Crippen molar-refractivity contribution in [2.45, 2.75) is 23.5 Å². The second-order valence-corrected chi connectivity index (χ2v) is 9.17. The molecule has 0 aliphatic carbocycles. The Labute approximate surface area is 155 Å². The lowest BCUT2D eigenvalue weighted by molar-refractivity contribution is 0.582. The number of nitrogens with one attached hydrogen (secondary N) is 1. The number of fused-ring (bicyclic) bond motifs is 1. The molecule has 1 heterocycles. The number of rotatable bonds is 2. The van der Waals surface area contributed by atoms with Gasteiger partial charge in [-0.2, -0.15) is 5.10 Å². The third-order valence-electron chi connectivity index (χ3n) is 3.75. The maximum Gasteiger partial charge on any atom is 0.182 e. The minimum atomic E-state index is -3.38. The van der Waals surface area contributed by atoms with Crippen molar-refractivity contribution < 1.29 is 8.42 Å². The fraction of sp³-hybridized carbons (Fsp3) is 0.188. The van der Waals surface area contributed by atoms with Gasteiger partial charge in [0.25, 0.3) is 0 Å². The van der Waals surface area contributed by atoms with Crippen molar-refractivity contribution in [3.8, 4) is 0 Å². The molecule has 1 aliphatic rings. The van der Waals surface area contributed by atoms with Crippen LogP contribution in [0.25, 0.3) is 0 Å². The highest BCUT2D eigenvalue weighted by molar-refractivity contribution is 7.92. The molecular weight excluding hydrogens is 391 g/mol. The Morgan fingerprint density at radius 2 is 1.71 bits per heavy atom. The van der Waals surface area contributed by atoms with E-state index in [1.807, 2.05) is 0 Å². The van der Waals surface area contributed by atoms with Gasteiger partial charge >= 0.3 is 0 Å². The van der Waals surface area contributed by atoms with Gasteiger partial charge in [-0.15, -0.1) is 0 Å². The molecule has 4 nitrogen and oxygen atoms in total. The number of halogens is 3. The summed E-state index contributed by atoms with van der Waals surface area (Å²) >= 11 is 18.0. The molecular formula is C16H13Cl3N2O2S. The molecule has 1 atom stereocenters. The zero-order valence-electron chi connectivity index (χ0n) is 12.6. The van der Waals surface area contributed by atoms with Crippen LogP contribution in [0.1, 0.15) is 18.9 Å². The minimum Gasteiger partial charge on any atom is -0.278 e. The third kappa shape index (κ3) is 3.40. The van der Waals surface area contributed by atoms with Gasteiger partial charge in [-0.3, -0.25) is 5.43 Å². The predicted octanol–water partition coefficient (Wildman–Crippen LogP) is 5.03. The van der Waals surface area contributed by atoms with Gasteiger partial charge in [-0.25, -0.2) is 8.42 Å². The maximum atomic E-state index is 12.5. The van der Waals surface area contributed by atoms with Crippen LogP contribution in [0, 0.1) is 0 Å². The zero-order chi connectivity index (χ0) is 17.5. The summed E-state index contributed by atoms with van der Waals surface area (Å²) in [5, 5.41) is 5.22. The molecule has 1 aliphatic heterocycles. The highest BCUT2D eigenvalue weighted by atomic mass is 35.5. The van der Waals surface area contributed by atoms with Gasteiger partial charge in [0.2, 0.25) is 0 Å². The van der Waals surface area contributed by atoms with Crippen molar-refractivity contribution in [2.24, 2.45) is 5.10 Å². The molecule has 0 bridgehead atoms. The molecule has 2 aromatic carbocycles. The van der Waals surface area contributed by atoms with Crippen molar-refractivity contribution in [1.82, 2.24) is 0 Å². The average Bonchev–Trinajstić information content (AvgIpc) is 2.48. The second kappa shape index (κ2) is 6.56. The molecule has 8 heteroatoms. The molecule has 0 saturated carbocycles. The van der Waals surface area contributed by atoms with E-state index in [1.165, 1.54) is 6.07 Å². The largest absolute Gasteiger partial charge is 0.278 e. The molecule has 1 unspecified atom stereocenters. The third-order valence-corrected chi connectivity index (χ3v) is 6.62. The van der Waals surface area contributed by atoms with E-state index in [2.05, 4.69) is 10.5 Å². The van der Waals surface area contributed by atoms with Gasteiger partial charge < -0.3 is 0 Å². The fourth-order valence-electron chi connectivity index (χ4n) is 2.54. The number of hydrogen-bond acceptors (Lipinski definition) is 4. The highest BCUT2D eigenvalue weighted by Crippen LogP contribution is 2.32. The van der Waals surface area contributed by atoms with E-state index in [4.69, 9.17) is 34.8 Å². The summed E-state index contributed by atoms with van der Waals surface area (Å²) in [6, 6.07) is 9.68. The van der Waals surface area contributed by atoms with Crippen molar-refractivity contribution in [1.29, 1.82) is 0 Å². The molecule has 0 saturated heterocycles. The van der Waals surface area contributed by atoms with Crippen LogP contribution < -0.4 is 5.43 Å². The van der Waals surface area contributed by atoms with Crippen LogP contribution in [-0.2, 0) is 9.84 Å². The van der Waals surface area contributed by atoms with Crippen molar-refractivity contribution in [2.75, 3.05) is 5.43 Å². The van der Waals surface area contributed by atoms with Crippen molar-refractivity contribution in [3.05, 3.63) is 57.0 Å². The first kappa shape index (κ1) is 17.5. The molecule has 0 aromatic heterocycles. The van der Waals surface area contributed by atoms with Gasteiger partial charge in [0.1, 0.15) is 0 Å². The van der Waals surface area contributed by atoms with Crippen molar-refractivity contribution in [3.63, 3.8) is 0 Å². The van der Waals surface area contributed by atoms with E-state index < -0.39 is 15.1 Å². The molecule has 0 amide bonds. The monoisotopic (exact) mass is 402 g/mol. The SMILES string of the molecule is CC1C/C(=N/Nc2cc(Cl)cc(Cl)c2)c2cc(Cl)ccc2S1(=O)=O. The standard InChI is InChI=1S/C16H13Cl3N2O2S/c1-9-4-15(21-20-13-6-11(18)5-12(19)7-13)14-8-10(17)2-3-16(14)24(9,22)23/h2-3,5-9,20H,4H2,1H3/b21-15-. The predicted molar refractivity (Wildman–Crippen MR) is 99.3 cm³/mol. The Kier molecular flexibility index (Phi) is 4.80. The first-order chi connectivity index (χ1) is 11.3. The molecule has 0 fully saturated rings. The van der Waals surface area contributed by atoms with Crippen LogP contribution in [0.2, 0.25) is 15.1 Å². The Bertz CT molecular complexity index is 922. The molecule has 0 radical (unpaired) electrons. The summed E-state index contributed by atoms with van der Waals surface area (Å²) in [5.74, 6) is 0. The van der Waals surface area contributed by atoms with Crippen LogP contribution in [0.5, 0.6) is 0 Å². The Morgan fingerprint density at radius 3 is 2.38 bits per heavy atom. The van der Waals surface area contributed by atoms with Gasteiger partial charge in [-0.05, 0) is 43.3 Å². The van der Waals surface area contributed by atoms with E-state index in [0.717, 1.165) is 0 Å². The lowest BCUT2D eigenvalue weighted by atomic mass is 10.1. The lowest BCUT2D eigenvalue weighted by Crippen LogP contribution is -2.30. The molecule has 0 spiro atoms. The van der Waals surface area contributed by atoms with E-state index in [1.54, 1.807) is 37.3 Å². The van der Waals surface area contributed by atoms with Gasteiger partial charge in [0.05, 0.1) is 21.5 Å². The second-order valence-electron chi connectivity index (χ2n) is 5.53. The molecule has 24 heavy (non-hydrogen) atoms. The summed E-state index contributed by atoms with van der Waals surface area (Å²) < 4.78 is 24.9. The fourth-order valence-corrected chi connectivity index (χ4v) is 4.79. The van der Waals surface area contributed by atoms with Crippen LogP contribution in [-0.4, -0.2) is 19.4 Å². The molecule has 126 valence electrons. The number of benzene rings is 2.